The monoisotopic (exact) mass is 231 g/mol. The van der Waals surface area contributed by atoms with Gasteiger partial charge in [-0.1, -0.05) is 0 Å². The Hall–Kier alpha value is -1.63. The molecule has 0 aliphatic rings. The number of carbonyl (C=O) groups is 3. The first-order valence-electron chi connectivity index (χ1n) is 5.01. The van der Waals surface area contributed by atoms with Crippen LogP contribution in [0.15, 0.2) is 0 Å². The van der Waals surface area contributed by atoms with Gasteiger partial charge in [0.15, 0.2) is 0 Å². The van der Waals surface area contributed by atoms with E-state index in [1.165, 1.54) is 0 Å². The van der Waals surface area contributed by atoms with Crippen molar-refractivity contribution < 1.29 is 19.5 Å². The lowest BCUT2D eigenvalue weighted by Gasteiger charge is -2.13. The second-order valence-corrected chi connectivity index (χ2v) is 3.24. The average molecular weight is 231 g/mol. The molecule has 0 radical (unpaired) electrons. The van der Waals surface area contributed by atoms with Gasteiger partial charge in [0.25, 0.3) is 0 Å². The number of aliphatic carboxylic acids is 1. The quantitative estimate of drug-likeness (QED) is 0.282. The molecule has 0 aliphatic carbocycles. The second-order valence-electron chi connectivity index (χ2n) is 3.24. The Morgan fingerprint density at radius 3 is 2.56 bits per heavy atom. The van der Waals surface area contributed by atoms with Crippen LogP contribution in [-0.4, -0.2) is 42.5 Å². The Morgan fingerprint density at radius 2 is 2.06 bits per heavy atom. The third kappa shape index (κ3) is 6.77. The minimum Gasteiger partial charge on any atom is -0.480 e. The number of nitrogens with two attached hydrogens (primary N) is 1. The lowest BCUT2D eigenvalue weighted by atomic mass is 10.1. The molecule has 0 unspecified atom stereocenters. The van der Waals surface area contributed by atoms with E-state index in [0.717, 1.165) is 0 Å². The van der Waals surface area contributed by atoms with Gasteiger partial charge in [0.1, 0.15) is 6.04 Å². The van der Waals surface area contributed by atoms with Crippen molar-refractivity contribution in [1.82, 2.24) is 10.6 Å². The third-order valence-electron chi connectivity index (χ3n) is 1.93. The Morgan fingerprint density at radius 1 is 1.38 bits per heavy atom. The Balaban J connectivity index is 3.96. The van der Waals surface area contributed by atoms with E-state index in [2.05, 4.69) is 10.6 Å². The molecule has 0 heterocycles. The van der Waals surface area contributed by atoms with E-state index in [4.69, 9.17) is 10.8 Å². The number of carboxylic acid groups (broad SMARTS) is 1. The van der Waals surface area contributed by atoms with Gasteiger partial charge in [-0.05, 0) is 25.8 Å². The molecule has 0 fully saturated rings. The van der Waals surface area contributed by atoms with E-state index in [-0.39, 0.29) is 6.54 Å². The highest BCUT2D eigenvalue weighted by Crippen LogP contribution is 2.00. The lowest BCUT2D eigenvalue weighted by Crippen LogP contribution is -2.44. The van der Waals surface area contributed by atoms with E-state index in [9.17, 15) is 14.4 Å². The van der Waals surface area contributed by atoms with Crippen molar-refractivity contribution in [3.8, 4) is 0 Å². The molecule has 0 saturated heterocycles. The van der Waals surface area contributed by atoms with Crippen LogP contribution in [0.2, 0.25) is 0 Å². The van der Waals surface area contributed by atoms with Crippen LogP contribution >= 0.6 is 0 Å². The number of nitrogens with one attached hydrogen (secondary N) is 2. The minimum absolute atomic E-state index is 0.218. The maximum Gasteiger partial charge on any atom is 0.326 e. The Kier molecular flexibility index (Phi) is 7.78. The van der Waals surface area contributed by atoms with Gasteiger partial charge < -0.3 is 21.5 Å². The van der Waals surface area contributed by atoms with Crippen molar-refractivity contribution in [1.29, 1.82) is 0 Å². The summed E-state index contributed by atoms with van der Waals surface area (Å²) in [4.78, 5) is 31.8. The molecule has 5 N–H and O–H groups in total. The molecule has 2 amide bonds. The zero-order chi connectivity index (χ0) is 12.4. The predicted octanol–water partition coefficient (Wildman–Crippen LogP) is -1.57. The van der Waals surface area contributed by atoms with Crippen LogP contribution < -0.4 is 16.4 Å². The first kappa shape index (κ1) is 14.4. The lowest BCUT2D eigenvalue weighted by molar-refractivity contribution is -0.141. The van der Waals surface area contributed by atoms with Crippen LogP contribution in [0.1, 0.15) is 19.3 Å². The third-order valence-corrected chi connectivity index (χ3v) is 1.93. The zero-order valence-electron chi connectivity index (χ0n) is 8.94. The molecule has 0 spiro atoms. The van der Waals surface area contributed by atoms with Crippen molar-refractivity contribution in [2.75, 3.05) is 13.1 Å². The highest BCUT2D eigenvalue weighted by molar-refractivity contribution is 5.85. The van der Waals surface area contributed by atoms with Crippen molar-refractivity contribution in [3.63, 3.8) is 0 Å². The van der Waals surface area contributed by atoms with Gasteiger partial charge in [0.2, 0.25) is 12.3 Å². The van der Waals surface area contributed by atoms with Gasteiger partial charge in [-0.3, -0.25) is 9.59 Å². The van der Waals surface area contributed by atoms with Gasteiger partial charge in [-0.15, -0.1) is 0 Å². The van der Waals surface area contributed by atoms with Crippen molar-refractivity contribution in [3.05, 3.63) is 0 Å². The number of amides is 2. The van der Waals surface area contributed by atoms with Crippen molar-refractivity contribution in [2.45, 2.75) is 25.3 Å². The molecule has 7 nitrogen and oxygen atoms in total. The number of rotatable bonds is 9. The smallest absolute Gasteiger partial charge is 0.326 e. The number of hydrogen-bond donors (Lipinski definition) is 4. The van der Waals surface area contributed by atoms with E-state index in [0.29, 0.717) is 32.2 Å². The van der Waals surface area contributed by atoms with Crippen LogP contribution in [0.3, 0.4) is 0 Å². The summed E-state index contributed by atoms with van der Waals surface area (Å²) in [6, 6.07) is -0.924. The molecule has 0 aromatic rings. The topological polar surface area (TPSA) is 122 Å². The maximum absolute atomic E-state index is 11.1. The largest absolute Gasteiger partial charge is 0.480 e. The minimum atomic E-state index is -1.09. The second kappa shape index (κ2) is 8.66. The van der Waals surface area contributed by atoms with E-state index >= 15 is 0 Å². The standard InChI is InChI=1S/C9H17N3O4/c10-4-2-1-3-7(9(15)16)12-8(14)5-11-6-13/h6-7H,1-5,10H2,(H,11,13)(H,12,14)(H,15,16)/t7-/m0/s1. The SMILES string of the molecule is NCCCC[C@H](NC(=O)CNC=O)C(=O)O. The normalized spacial score (nSPS) is 11.6. The number of hydrogen-bond acceptors (Lipinski definition) is 4. The number of carboxylic acids is 1. The van der Waals surface area contributed by atoms with Gasteiger partial charge in [-0.25, -0.2) is 4.79 Å². The highest BCUT2D eigenvalue weighted by Gasteiger charge is 2.18. The van der Waals surface area contributed by atoms with Crippen LogP contribution in [0.25, 0.3) is 0 Å². The summed E-state index contributed by atoms with van der Waals surface area (Å²) >= 11 is 0. The summed E-state index contributed by atoms with van der Waals surface area (Å²) in [5, 5.41) is 13.3. The molecule has 0 aliphatic heterocycles. The molecule has 1 atom stereocenters. The van der Waals surface area contributed by atoms with Crippen LogP contribution in [0.4, 0.5) is 0 Å². The van der Waals surface area contributed by atoms with E-state index in [1.54, 1.807) is 0 Å². The van der Waals surface area contributed by atoms with Gasteiger partial charge in [-0.2, -0.15) is 0 Å². The zero-order valence-corrected chi connectivity index (χ0v) is 8.94. The van der Waals surface area contributed by atoms with Crippen LogP contribution in [-0.2, 0) is 14.4 Å². The molecule has 16 heavy (non-hydrogen) atoms. The molecular formula is C9H17N3O4. The van der Waals surface area contributed by atoms with Gasteiger partial charge in [0, 0.05) is 0 Å². The summed E-state index contributed by atoms with van der Waals surface area (Å²) in [5.41, 5.74) is 5.27. The molecule has 7 heteroatoms. The maximum atomic E-state index is 11.1. The highest BCUT2D eigenvalue weighted by atomic mass is 16.4. The number of unbranched alkanes of at least 4 members (excludes halogenated alkanes) is 1. The molecule has 0 bridgehead atoms. The fourth-order valence-corrected chi connectivity index (χ4v) is 1.13. The molecule has 0 aromatic heterocycles. The molecular weight excluding hydrogens is 214 g/mol. The summed E-state index contributed by atoms with van der Waals surface area (Å²) in [6.45, 7) is 0.275. The Labute approximate surface area is 93.4 Å². The molecule has 0 aromatic carbocycles. The van der Waals surface area contributed by atoms with E-state index in [1.807, 2.05) is 0 Å². The van der Waals surface area contributed by atoms with Crippen LogP contribution in [0.5, 0.6) is 0 Å². The molecule has 0 saturated carbocycles. The summed E-state index contributed by atoms with van der Waals surface area (Å²) < 4.78 is 0. The van der Waals surface area contributed by atoms with Crippen molar-refractivity contribution >= 4 is 18.3 Å². The summed E-state index contributed by atoms with van der Waals surface area (Å²) in [7, 11) is 0. The first-order chi connectivity index (χ1) is 7.61. The number of carbonyl (C=O) groups excluding carboxylic acids is 2. The predicted molar refractivity (Wildman–Crippen MR) is 56.5 cm³/mol. The van der Waals surface area contributed by atoms with Gasteiger partial charge >= 0.3 is 5.97 Å². The fourth-order valence-electron chi connectivity index (χ4n) is 1.13. The Bertz CT molecular complexity index is 245. The average Bonchev–Trinajstić information content (AvgIpc) is 2.25. The summed E-state index contributed by atoms with van der Waals surface area (Å²) in [6.07, 6.45) is 2.06. The van der Waals surface area contributed by atoms with Gasteiger partial charge in [0.05, 0.1) is 6.54 Å². The molecule has 92 valence electrons. The molecule has 0 rings (SSSR count). The summed E-state index contributed by atoms with van der Waals surface area (Å²) in [5.74, 6) is -1.61. The fraction of sp³-hybridized carbons (Fsp3) is 0.667. The van der Waals surface area contributed by atoms with Crippen LogP contribution in [0, 0.1) is 0 Å². The van der Waals surface area contributed by atoms with Crippen molar-refractivity contribution in [2.24, 2.45) is 5.73 Å². The van der Waals surface area contributed by atoms with E-state index < -0.39 is 17.9 Å². The first-order valence-corrected chi connectivity index (χ1v) is 5.01.